The van der Waals surface area contributed by atoms with Gasteiger partial charge in [0.25, 0.3) is 0 Å². The Balaban J connectivity index is 1.59. The molecule has 3 aromatic carbocycles. The molecule has 4 N–H and O–H groups in total. The van der Waals surface area contributed by atoms with Gasteiger partial charge in [-0.3, -0.25) is 9.79 Å². The van der Waals surface area contributed by atoms with E-state index in [2.05, 4.69) is 15.3 Å². The number of nitrogens with zero attached hydrogens (tertiary/aromatic N) is 2. The fourth-order valence-corrected chi connectivity index (χ4v) is 3.86. The molecule has 1 amide bonds. The summed E-state index contributed by atoms with van der Waals surface area (Å²) in [6.45, 7) is 0.467. The number of amides is 1. The second kappa shape index (κ2) is 8.01. The fourth-order valence-electron chi connectivity index (χ4n) is 3.86. The molecule has 0 fully saturated rings. The maximum Gasteiger partial charge on any atom is 0.238 e. The van der Waals surface area contributed by atoms with Crippen molar-refractivity contribution in [1.82, 2.24) is 9.97 Å². The lowest BCUT2D eigenvalue weighted by Gasteiger charge is -2.14. The maximum absolute atomic E-state index is 12.9. The fraction of sp³-hybridized carbons (Fsp3) is 0.0800. The SMILES string of the molecule is NCc1ccc(C(=Nc2ccc(-c3cnc[nH]3)cc2)C2C(=O)Nc3ccccc32)cc1. The topological polar surface area (TPSA) is 96.2 Å². The number of carbonyl (C=O) groups excluding carboxylic acids is 1. The summed E-state index contributed by atoms with van der Waals surface area (Å²) in [6.07, 6.45) is 3.43. The average molecular weight is 407 g/mol. The van der Waals surface area contributed by atoms with Gasteiger partial charge in [0, 0.05) is 12.2 Å². The van der Waals surface area contributed by atoms with E-state index in [1.165, 1.54) is 0 Å². The number of fused-ring (bicyclic) bond motifs is 1. The summed E-state index contributed by atoms with van der Waals surface area (Å²) in [5.74, 6) is -0.552. The van der Waals surface area contributed by atoms with Gasteiger partial charge in [-0.05, 0) is 40.5 Å². The van der Waals surface area contributed by atoms with E-state index in [4.69, 9.17) is 10.7 Å². The Hall–Kier alpha value is -4.03. The van der Waals surface area contributed by atoms with Crippen molar-refractivity contribution in [3.8, 4) is 11.3 Å². The third kappa shape index (κ3) is 3.65. The number of hydrogen-bond acceptors (Lipinski definition) is 4. The largest absolute Gasteiger partial charge is 0.345 e. The number of H-pyrrole nitrogens is 1. The molecule has 6 heteroatoms. The Morgan fingerprint density at radius 2 is 1.77 bits per heavy atom. The molecule has 0 spiro atoms. The zero-order chi connectivity index (χ0) is 21.2. The van der Waals surface area contributed by atoms with Gasteiger partial charge in [0.15, 0.2) is 0 Å². The summed E-state index contributed by atoms with van der Waals surface area (Å²) >= 11 is 0. The Kier molecular flexibility index (Phi) is 4.90. The first-order chi connectivity index (χ1) is 15.2. The van der Waals surface area contributed by atoms with Crippen molar-refractivity contribution in [2.45, 2.75) is 12.5 Å². The van der Waals surface area contributed by atoms with E-state index in [-0.39, 0.29) is 5.91 Å². The molecule has 1 aliphatic rings. The van der Waals surface area contributed by atoms with E-state index in [9.17, 15) is 4.79 Å². The molecule has 6 nitrogen and oxygen atoms in total. The third-order valence-electron chi connectivity index (χ3n) is 5.48. The number of anilines is 1. The molecule has 0 aliphatic carbocycles. The van der Waals surface area contributed by atoms with Crippen LogP contribution >= 0.6 is 0 Å². The molecule has 5 rings (SSSR count). The molecule has 31 heavy (non-hydrogen) atoms. The standard InChI is InChI=1S/C25H21N5O/c26-13-16-5-7-18(8-6-16)24(23-20-3-1-2-4-21(20)30-25(23)31)29-19-11-9-17(10-12-19)22-14-27-15-28-22/h1-12,14-15,23H,13,26H2,(H,27,28)(H,30,31). The van der Waals surface area contributed by atoms with E-state index in [0.717, 1.165) is 39.3 Å². The van der Waals surface area contributed by atoms with E-state index in [0.29, 0.717) is 12.3 Å². The first-order valence-corrected chi connectivity index (χ1v) is 10.1. The van der Waals surface area contributed by atoms with Crippen molar-refractivity contribution < 1.29 is 4.79 Å². The first-order valence-electron chi connectivity index (χ1n) is 10.1. The van der Waals surface area contributed by atoms with Gasteiger partial charge >= 0.3 is 0 Å². The lowest BCUT2D eigenvalue weighted by atomic mass is 9.90. The number of aromatic nitrogens is 2. The average Bonchev–Trinajstić information content (AvgIpc) is 3.46. The van der Waals surface area contributed by atoms with Crippen LogP contribution in [0.5, 0.6) is 0 Å². The number of hydrogen-bond donors (Lipinski definition) is 3. The molecule has 4 aromatic rings. The van der Waals surface area contributed by atoms with Gasteiger partial charge < -0.3 is 16.0 Å². The Bertz CT molecular complexity index is 1240. The number of nitrogens with one attached hydrogen (secondary N) is 2. The highest BCUT2D eigenvalue weighted by atomic mass is 16.2. The third-order valence-corrected chi connectivity index (χ3v) is 5.48. The molecular formula is C25H21N5O. The molecule has 1 aromatic heterocycles. The van der Waals surface area contributed by atoms with Crippen LogP contribution in [0.2, 0.25) is 0 Å². The first kappa shape index (κ1) is 19.0. The minimum Gasteiger partial charge on any atom is -0.345 e. The maximum atomic E-state index is 12.9. The number of rotatable bonds is 5. The van der Waals surface area contributed by atoms with Crippen LogP contribution in [0, 0.1) is 0 Å². The Morgan fingerprint density at radius 1 is 1.00 bits per heavy atom. The van der Waals surface area contributed by atoms with Gasteiger partial charge in [0.2, 0.25) is 5.91 Å². The molecule has 0 bridgehead atoms. The van der Waals surface area contributed by atoms with Crippen molar-refractivity contribution in [2.24, 2.45) is 10.7 Å². The molecule has 0 radical (unpaired) electrons. The van der Waals surface area contributed by atoms with E-state index in [1.807, 2.05) is 72.8 Å². The molecule has 0 saturated carbocycles. The van der Waals surface area contributed by atoms with Crippen LogP contribution in [0.1, 0.15) is 22.6 Å². The van der Waals surface area contributed by atoms with Crippen molar-refractivity contribution >= 4 is 23.0 Å². The summed E-state index contributed by atoms with van der Waals surface area (Å²) in [4.78, 5) is 25.1. The summed E-state index contributed by atoms with van der Waals surface area (Å²) in [5.41, 5.74) is 12.9. The molecule has 1 atom stereocenters. The van der Waals surface area contributed by atoms with Gasteiger partial charge in [-0.25, -0.2) is 4.98 Å². The van der Waals surface area contributed by atoms with Gasteiger partial charge in [-0.1, -0.05) is 54.6 Å². The molecule has 1 aliphatic heterocycles. The predicted molar refractivity (Wildman–Crippen MR) is 122 cm³/mol. The monoisotopic (exact) mass is 407 g/mol. The lowest BCUT2D eigenvalue weighted by molar-refractivity contribution is -0.115. The number of carbonyl (C=O) groups is 1. The molecular weight excluding hydrogens is 386 g/mol. The van der Waals surface area contributed by atoms with Crippen LogP contribution < -0.4 is 11.1 Å². The van der Waals surface area contributed by atoms with Crippen LogP contribution in [-0.4, -0.2) is 21.6 Å². The number of para-hydroxylation sites is 1. The summed E-state index contributed by atoms with van der Waals surface area (Å²) in [5, 5.41) is 2.98. The van der Waals surface area contributed by atoms with Gasteiger partial charge in [0.05, 0.1) is 29.6 Å². The van der Waals surface area contributed by atoms with Crippen LogP contribution in [0.4, 0.5) is 11.4 Å². The Morgan fingerprint density at radius 3 is 2.48 bits per heavy atom. The van der Waals surface area contributed by atoms with E-state index < -0.39 is 5.92 Å². The number of imidazole rings is 1. The second-order valence-corrected chi connectivity index (χ2v) is 7.42. The number of aromatic amines is 1. The van der Waals surface area contributed by atoms with Crippen LogP contribution in [0.25, 0.3) is 11.3 Å². The highest BCUT2D eigenvalue weighted by Gasteiger charge is 2.35. The highest BCUT2D eigenvalue weighted by molar-refractivity contribution is 6.24. The smallest absolute Gasteiger partial charge is 0.238 e. The summed E-state index contributed by atoms with van der Waals surface area (Å²) < 4.78 is 0. The van der Waals surface area contributed by atoms with E-state index >= 15 is 0 Å². The van der Waals surface area contributed by atoms with Gasteiger partial charge in [-0.15, -0.1) is 0 Å². The molecule has 152 valence electrons. The van der Waals surface area contributed by atoms with Crippen molar-refractivity contribution in [3.05, 3.63) is 102 Å². The van der Waals surface area contributed by atoms with Crippen LogP contribution in [0.15, 0.2) is 90.3 Å². The van der Waals surface area contributed by atoms with Crippen LogP contribution in [-0.2, 0) is 11.3 Å². The Labute approximate surface area is 179 Å². The zero-order valence-electron chi connectivity index (χ0n) is 16.7. The number of nitrogens with two attached hydrogens (primary N) is 1. The molecule has 2 heterocycles. The second-order valence-electron chi connectivity index (χ2n) is 7.42. The van der Waals surface area contributed by atoms with E-state index in [1.54, 1.807) is 12.5 Å². The minimum atomic E-state index is -0.479. The normalized spacial score (nSPS) is 15.6. The van der Waals surface area contributed by atoms with Gasteiger partial charge in [0.1, 0.15) is 5.92 Å². The van der Waals surface area contributed by atoms with Crippen molar-refractivity contribution in [2.75, 3.05) is 5.32 Å². The summed E-state index contributed by atoms with van der Waals surface area (Å²) in [6, 6.07) is 23.5. The van der Waals surface area contributed by atoms with Crippen molar-refractivity contribution in [1.29, 1.82) is 0 Å². The lowest BCUT2D eigenvalue weighted by Crippen LogP contribution is -2.22. The zero-order valence-corrected chi connectivity index (χ0v) is 16.7. The number of benzene rings is 3. The minimum absolute atomic E-state index is 0.0723. The molecule has 0 saturated heterocycles. The highest BCUT2D eigenvalue weighted by Crippen LogP contribution is 2.36. The molecule has 1 unspecified atom stereocenters. The van der Waals surface area contributed by atoms with Crippen LogP contribution in [0.3, 0.4) is 0 Å². The van der Waals surface area contributed by atoms with Crippen molar-refractivity contribution in [3.63, 3.8) is 0 Å². The number of aliphatic imine (C=N–C) groups is 1. The summed E-state index contributed by atoms with van der Waals surface area (Å²) in [7, 11) is 0. The quantitative estimate of drug-likeness (QED) is 0.428. The predicted octanol–water partition coefficient (Wildman–Crippen LogP) is 4.39. The van der Waals surface area contributed by atoms with Gasteiger partial charge in [-0.2, -0.15) is 0 Å².